The Bertz CT molecular complexity index is 637. The maximum absolute atomic E-state index is 13.5. The Morgan fingerprint density at radius 2 is 1.64 bits per heavy atom. The number of aromatic nitrogens is 1. The lowest BCUT2D eigenvalue weighted by Gasteiger charge is -2.22. The summed E-state index contributed by atoms with van der Waals surface area (Å²) in [6.45, 7) is 3.79. The van der Waals surface area contributed by atoms with E-state index >= 15 is 0 Å². The third-order valence-corrected chi connectivity index (χ3v) is 2.53. The zero-order valence-electron chi connectivity index (χ0n) is 13.8. The highest BCUT2D eigenvalue weighted by molar-refractivity contribution is 5.81. The average Bonchev–Trinajstić information content (AvgIpc) is 2.49. The number of carbonyl (C=O) groups is 2. The number of ether oxygens (including phenoxy) is 3. The zero-order chi connectivity index (χ0) is 19.4. The van der Waals surface area contributed by atoms with Crippen LogP contribution in [0.1, 0.15) is 20.8 Å². The van der Waals surface area contributed by atoms with Gasteiger partial charge in [0.05, 0.1) is 7.11 Å². The van der Waals surface area contributed by atoms with Gasteiger partial charge >= 0.3 is 12.1 Å². The molecule has 0 spiro atoms. The Balaban J connectivity index is 2.91. The maximum Gasteiger partial charge on any atom is 0.408 e. The minimum Gasteiger partial charge on any atom is -0.485 e. The number of hydrogen-bond acceptors (Lipinski definition) is 6. The topological polar surface area (TPSA) is 86.8 Å². The van der Waals surface area contributed by atoms with Crippen molar-refractivity contribution in [2.75, 3.05) is 13.7 Å². The molecule has 0 unspecified atom stereocenters. The summed E-state index contributed by atoms with van der Waals surface area (Å²) < 4.78 is 66.9. The molecule has 0 radical (unpaired) electrons. The number of nitrogens with zero attached hydrogens (tertiary/aromatic N) is 1. The van der Waals surface area contributed by atoms with E-state index in [0.717, 1.165) is 7.11 Å². The Hall–Kier alpha value is -2.59. The van der Waals surface area contributed by atoms with Gasteiger partial charge in [0.2, 0.25) is 17.4 Å². The second-order valence-electron chi connectivity index (χ2n) is 5.68. The Labute approximate surface area is 140 Å². The van der Waals surface area contributed by atoms with Crippen LogP contribution in [0.3, 0.4) is 0 Å². The average molecular weight is 368 g/mol. The van der Waals surface area contributed by atoms with Gasteiger partial charge in [0, 0.05) is 0 Å². The molecule has 7 nitrogen and oxygen atoms in total. The van der Waals surface area contributed by atoms with E-state index < -0.39 is 59.6 Å². The molecule has 0 aliphatic rings. The first kappa shape index (κ1) is 20.5. The Morgan fingerprint density at radius 1 is 1.12 bits per heavy atom. The van der Waals surface area contributed by atoms with Crippen molar-refractivity contribution in [2.24, 2.45) is 0 Å². The molecule has 11 heteroatoms. The molecule has 1 atom stereocenters. The zero-order valence-corrected chi connectivity index (χ0v) is 13.8. The summed E-state index contributed by atoms with van der Waals surface area (Å²) >= 11 is 0. The molecular weight excluding hydrogens is 352 g/mol. The van der Waals surface area contributed by atoms with Crippen LogP contribution in [-0.2, 0) is 14.3 Å². The van der Waals surface area contributed by atoms with Gasteiger partial charge in [0.25, 0.3) is 11.9 Å². The summed E-state index contributed by atoms with van der Waals surface area (Å²) in [4.78, 5) is 25.6. The van der Waals surface area contributed by atoms with Gasteiger partial charge in [-0.1, -0.05) is 0 Å². The molecule has 0 bridgehead atoms. The summed E-state index contributed by atoms with van der Waals surface area (Å²) in [6.07, 6.45) is -1.04. The number of alkyl carbamates (subject to hydrolysis) is 1. The van der Waals surface area contributed by atoms with E-state index in [1.54, 1.807) is 20.8 Å². The fraction of sp³-hybridized carbons (Fsp3) is 0.500. The summed E-state index contributed by atoms with van der Waals surface area (Å²) in [5.41, 5.74) is -0.888. The van der Waals surface area contributed by atoms with E-state index in [1.165, 1.54) is 0 Å². The Kier molecular flexibility index (Phi) is 6.54. The summed E-state index contributed by atoms with van der Waals surface area (Å²) in [6, 6.07) is -1.56. The van der Waals surface area contributed by atoms with Crippen LogP contribution < -0.4 is 10.1 Å². The molecule has 25 heavy (non-hydrogen) atoms. The molecule has 0 fully saturated rings. The standard InChI is InChI=1S/C14H16F4N2O5/c1-14(2,3)25-13(22)19-6(12(21)23-4)5-24-9-7(15)10(17)20-11(18)8(9)16/h6H,5H2,1-4H3,(H,19,22)/t6-/m0/s1. The van der Waals surface area contributed by atoms with E-state index in [0.29, 0.717) is 0 Å². The molecule has 1 rings (SSSR count). The first-order valence-electron chi connectivity index (χ1n) is 6.86. The minimum atomic E-state index is -1.93. The largest absolute Gasteiger partial charge is 0.485 e. The molecule has 1 aromatic rings. The second kappa shape index (κ2) is 7.99. The predicted octanol–water partition coefficient (Wildman–Crippen LogP) is 2.08. The molecule has 1 amide bonds. The van der Waals surface area contributed by atoms with Crippen LogP contribution in [-0.4, -0.2) is 42.4 Å². The molecule has 0 aromatic carbocycles. The van der Waals surface area contributed by atoms with Crippen molar-refractivity contribution >= 4 is 12.1 Å². The predicted molar refractivity (Wildman–Crippen MR) is 74.7 cm³/mol. The van der Waals surface area contributed by atoms with E-state index in [9.17, 15) is 27.2 Å². The molecule has 1 N–H and O–H groups in total. The number of pyridine rings is 1. The first-order valence-corrected chi connectivity index (χ1v) is 6.86. The van der Waals surface area contributed by atoms with Crippen molar-refractivity contribution in [2.45, 2.75) is 32.4 Å². The van der Waals surface area contributed by atoms with Gasteiger partial charge in [-0.15, -0.1) is 0 Å². The fourth-order valence-corrected chi connectivity index (χ4v) is 1.52. The number of esters is 1. The first-order chi connectivity index (χ1) is 11.5. The van der Waals surface area contributed by atoms with Gasteiger partial charge in [0.15, 0.2) is 6.04 Å². The van der Waals surface area contributed by atoms with Crippen LogP contribution in [0.5, 0.6) is 5.75 Å². The van der Waals surface area contributed by atoms with Crippen molar-refractivity contribution in [3.8, 4) is 5.75 Å². The van der Waals surface area contributed by atoms with Crippen molar-refractivity contribution in [1.82, 2.24) is 10.3 Å². The smallest absolute Gasteiger partial charge is 0.408 e. The van der Waals surface area contributed by atoms with E-state index in [2.05, 4.69) is 19.8 Å². The van der Waals surface area contributed by atoms with Gasteiger partial charge in [-0.3, -0.25) is 0 Å². The van der Waals surface area contributed by atoms with Crippen molar-refractivity contribution in [3.63, 3.8) is 0 Å². The normalized spacial score (nSPS) is 12.3. The van der Waals surface area contributed by atoms with Crippen LogP contribution in [0.4, 0.5) is 22.4 Å². The highest BCUT2D eigenvalue weighted by atomic mass is 19.2. The van der Waals surface area contributed by atoms with E-state index in [1.807, 2.05) is 0 Å². The molecule has 140 valence electrons. The van der Waals surface area contributed by atoms with Crippen molar-refractivity contribution in [3.05, 3.63) is 23.5 Å². The van der Waals surface area contributed by atoms with Crippen LogP contribution in [0.25, 0.3) is 0 Å². The quantitative estimate of drug-likeness (QED) is 0.487. The molecule has 0 aliphatic carbocycles. The second-order valence-corrected chi connectivity index (χ2v) is 5.68. The monoisotopic (exact) mass is 368 g/mol. The molecule has 1 aromatic heterocycles. The molecule has 0 saturated carbocycles. The number of halogens is 4. The highest BCUT2D eigenvalue weighted by Crippen LogP contribution is 2.24. The van der Waals surface area contributed by atoms with Crippen molar-refractivity contribution in [1.29, 1.82) is 0 Å². The molecule has 1 heterocycles. The lowest BCUT2D eigenvalue weighted by atomic mass is 10.2. The maximum atomic E-state index is 13.5. The number of methoxy groups -OCH3 is 1. The van der Waals surface area contributed by atoms with Crippen molar-refractivity contribution < 1.29 is 41.4 Å². The Morgan fingerprint density at radius 3 is 2.08 bits per heavy atom. The van der Waals surface area contributed by atoms with Gasteiger partial charge in [-0.2, -0.15) is 22.5 Å². The van der Waals surface area contributed by atoms with E-state index in [-0.39, 0.29) is 0 Å². The lowest BCUT2D eigenvalue weighted by Crippen LogP contribution is -2.47. The van der Waals surface area contributed by atoms with Crippen LogP contribution in [0.15, 0.2) is 0 Å². The lowest BCUT2D eigenvalue weighted by molar-refractivity contribution is -0.143. The molecule has 0 aliphatic heterocycles. The molecule has 0 saturated heterocycles. The number of hydrogen-bond donors (Lipinski definition) is 1. The highest BCUT2D eigenvalue weighted by Gasteiger charge is 2.28. The summed E-state index contributed by atoms with van der Waals surface area (Å²) in [7, 11) is 0.985. The summed E-state index contributed by atoms with van der Waals surface area (Å²) in [5.74, 6) is -10.1. The summed E-state index contributed by atoms with van der Waals surface area (Å²) in [5, 5.41) is 2.05. The van der Waals surface area contributed by atoms with Gasteiger partial charge in [-0.05, 0) is 20.8 Å². The minimum absolute atomic E-state index is 0.886. The number of rotatable bonds is 5. The SMILES string of the molecule is COC(=O)[C@H](COc1c(F)c(F)nc(F)c1F)NC(=O)OC(C)(C)C. The third-order valence-electron chi connectivity index (χ3n) is 2.53. The van der Waals surface area contributed by atoms with Crippen LogP contribution in [0, 0.1) is 23.5 Å². The number of amides is 1. The molecular formula is C14H16F4N2O5. The third kappa shape index (κ3) is 5.76. The van der Waals surface area contributed by atoms with Gasteiger partial charge in [-0.25, -0.2) is 9.59 Å². The van der Waals surface area contributed by atoms with Gasteiger partial charge in [0.1, 0.15) is 12.2 Å². The van der Waals surface area contributed by atoms with Crippen LogP contribution >= 0.6 is 0 Å². The number of nitrogens with one attached hydrogen (secondary N) is 1. The number of carbonyl (C=O) groups excluding carboxylic acids is 2. The van der Waals surface area contributed by atoms with E-state index in [4.69, 9.17) is 4.74 Å². The fourth-order valence-electron chi connectivity index (χ4n) is 1.52. The van der Waals surface area contributed by atoms with Crippen LogP contribution in [0.2, 0.25) is 0 Å². The van der Waals surface area contributed by atoms with Gasteiger partial charge < -0.3 is 19.5 Å².